The van der Waals surface area contributed by atoms with Crippen molar-refractivity contribution in [1.29, 1.82) is 0 Å². The number of halogens is 1. The highest BCUT2D eigenvalue weighted by molar-refractivity contribution is 9.10. The van der Waals surface area contributed by atoms with E-state index in [4.69, 9.17) is 0 Å². The normalized spacial score (nSPS) is 10.5. The number of aromatic nitrogens is 1. The zero-order valence-electron chi connectivity index (χ0n) is 8.29. The fourth-order valence-electron chi connectivity index (χ4n) is 1.16. The number of rotatable bonds is 4. The number of thiazole rings is 1. The van der Waals surface area contributed by atoms with Crippen LogP contribution in [0.5, 0.6) is 0 Å². The van der Waals surface area contributed by atoms with Crippen LogP contribution in [0.3, 0.4) is 0 Å². The van der Waals surface area contributed by atoms with E-state index in [0.717, 1.165) is 23.8 Å². The molecule has 0 amide bonds. The van der Waals surface area contributed by atoms with Gasteiger partial charge >= 0.3 is 0 Å². The van der Waals surface area contributed by atoms with E-state index in [1.165, 1.54) is 9.35 Å². The van der Waals surface area contributed by atoms with Crippen LogP contribution in [0.2, 0.25) is 0 Å². The molecule has 0 saturated carbocycles. The Kier molecular flexibility index (Phi) is 3.77. The minimum Gasteiger partial charge on any atom is -0.357 e. The summed E-state index contributed by atoms with van der Waals surface area (Å²) >= 11 is 6.93. The monoisotopic (exact) mass is 302 g/mol. The van der Waals surface area contributed by atoms with Crippen molar-refractivity contribution in [3.05, 3.63) is 31.9 Å². The predicted molar refractivity (Wildman–Crippen MR) is 70.8 cm³/mol. The zero-order valence-corrected chi connectivity index (χ0v) is 11.5. The Morgan fingerprint density at radius 3 is 2.93 bits per heavy atom. The molecule has 0 bridgehead atoms. The summed E-state index contributed by atoms with van der Waals surface area (Å²) in [5, 5.41) is 8.52. The van der Waals surface area contributed by atoms with Crippen molar-refractivity contribution in [1.82, 2.24) is 4.98 Å². The van der Waals surface area contributed by atoms with Crippen LogP contribution in [-0.4, -0.2) is 4.98 Å². The summed E-state index contributed by atoms with van der Waals surface area (Å²) < 4.78 is 1.17. The van der Waals surface area contributed by atoms with E-state index in [0.29, 0.717) is 0 Å². The molecule has 0 aromatic carbocycles. The van der Waals surface area contributed by atoms with Gasteiger partial charge in [0.05, 0.1) is 12.2 Å². The largest absolute Gasteiger partial charge is 0.357 e. The van der Waals surface area contributed by atoms with Gasteiger partial charge in [-0.25, -0.2) is 4.98 Å². The first-order chi connectivity index (χ1) is 7.29. The maximum atomic E-state index is 4.45. The Hall–Kier alpha value is -0.390. The molecule has 0 radical (unpaired) electrons. The molecule has 0 aliphatic rings. The van der Waals surface area contributed by atoms with Gasteiger partial charge in [0.25, 0.3) is 0 Å². The number of thiophene rings is 1. The van der Waals surface area contributed by atoms with Gasteiger partial charge in [0.2, 0.25) is 0 Å². The van der Waals surface area contributed by atoms with Crippen molar-refractivity contribution in [2.45, 2.75) is 19.9 Å². The number of aryl methyl sites for hydroxylation is 1. The highest BCUT2D eigenvalue weighted by Crippen LogP contribution is 2.24. The van der Waals surface area contributed by atoms with Crippen LogP contribution in [0, 0.1) is 0 Å². The lowest BCUT2D eigenvalue weighted by molar-refractivity contribution is 1.05. The number of nitrogens with zero attached hydrogens (tertiary/aromatic N) is 1. The first-order valence-electron chi connectivity index (χ1n) is 4.69. The lowest BCUT2D eigenvalue weighted by Crippen LogP contribution is -1.97. The molecule has 0 unspecified atom stereocenters. The molecule has 2 heterocycles. The van der Waals surface area contributed by atoms with E-state index in [9.17, 15) is 0 Å². The van der Waals surface area contributed by atoms with Gasteiger partial charge in [-0.1, -0.05) is 6.92 Å². The van der Waals surface area contributed by atoms with Gasteiger partial charge in [-0.05, 0) is 33.8 Å². The van der Waals surface area contributed by atoms with E-state index in [1.807, 2.05) is 0 Å². The van der Waals surface area contributed by atoms with E-state index in [1.54, 1.807) is 22.7 Å². The van der Waals surface area contributed by atoms with Crippen LogP contribution >= 0.6 is 38.6 Å². The highest BCUT2D eigenvalue weighted by Gasteiger charge is 2.03. The lowest BCUT2D eigenvalue weighted by atomic mass is 10.4. The van der Waals surface area contributed by atoms with Crippen molar-refractivity contribution in [2.75, 3.05) is 5.32 Å². The van der Waals surface area contributed by atoms with Crippen molar-refractivity contribution in [2.24, 2.45) is 0 Å². The average Bonchev–Trinajstić information content (AvgIpc) is 2.84. The number of nitrogens with one attached hydrogen (secondary N) is 1. The van der Waals surface area contributed by atoms with Crippen molar-refractivity contribution < 1.29 is 0 Å². The Balaban J connectivity index is 1.96. The maximum absolute atomic E-state index is 4.45. The third kappa shape index (κ3) is 2.80. The van der Waals surface area contributed by atoms with Gasteiger partial charge in [-0.2, -0.15) is 0 Å². The van der Waals surface area contributed by atoms with Crippen molar-refractivity contribution in [3.63, 3.8) is 0 Å². The fraction of sp³-hybridized carbons (Fsp3) is 0.300. The number of anilines is 1. The first-order valence-corrected chi connectivity index (χ1v) is 7.25. The minimum atomic E-state index is 0.842. The lowest BCUT2D eigenvalue weighted by Gasteiger charge is -2.00. The summed E-state index contributed by atoms with van der Waals surface area (Å²) in [4.78, 5) is 5.76. The summed E-state index contributed by atoms with van der Waals surface area (Å²) in [5.74, 6) is 0. The number of hydrogen-bond donors (Lipinski definition) is 1. The number of hydrogen-bond acceptors (Lipinski definition) is 4. The van der Waals surface area contributed by atoms with E-state index in [-0.39, 0.29) is 0 Å². The molecule has 15 heavy (non-hydrogen) atoms. The molecule has 1 N–H and O–H groups in total. The van der Waals surface area contributed by atoms with Gasteiger partial charge in [-0.3, -0.25) is 0 Å². The van der Waals surface area contributed by atoms with Crippen LogP contribution in [0.1, 0.15) is 17.5 Å². The first kappa shape index (κ1) is 11.1. The highest BCUT2D eigenvalue weighted by atomic mass is 79.9. The van der Waals surface area contributed by atoms with Crippen LogP contribution in [-0.2, 0) is 13.0 Å². The zero-order chi connectivity index (χ0) is 10.7. The van der Waals surface area contributed by atoms with Crippen molar-refractivity contribution in [3.8, 4) is 0 Å². The van der Waals surface area contributed by atoms with Crippen LogP contribution in [0.25, 0.3) is 0 Å². The smallest absolute Gasteiger partial charge is 0.183 e. The van der Waals surface area contributed by atoms with Gasteiger partial charge in [-0.15, -0.1) is 22.7 Å². The Bertz CT molecular complexity index is 436. The molecule has 0 saturated heterocycles. The second-order valence-electron chi connectivity index (χ2n) is 3.04. The van der Waals surface area contributed by atoms with Crippen LogP contribution < -0.4 is 5.32 Å². The third-order valence-electron chi connectivity index (χ3n) is 2.01. The molecule has 0 aliphatic heterocycles. The minimum absolute atomic E-state index is 0.842. The summed E-state index contributed by atoms with van der Waals surface area (Å²) in [6, 6.07) is 2.07. The van der Waals surface area contributed by atoms with E-state index < -0.39 is 0 Å². The molecule has 80 valence electrons. The Labute approximate surface area is 106 Å². The van der Waals surface area contributed by atoms with Gasteiger partial charge < -0.3 is 5.32 Å². The van der Waals surface area contributed by atoms with E-state index >= 15 is 0 Å². The maximum Gasteiger partial charge on any atom is 0.183 e. The van der Waals surface area contributed by atoms with Gasteiger partial charge in [0.15, 0.2) is 5.13 Å². The topological polar surface area (TPSA) is 24.9 Å². The second-order valence-corrected chi connectivity index (χ2v) is 5.76. The summed E-state index contributed by atoms with van der Waals surface area (Å²) in [6.45, 7) is 2.96. The van der Waals surface area contributed by atoms with Crippen LogP contribution in [0.4, 0.5) is 5.13 Å². The standard InChI is InChI=1S/C10H11BrN2S2/c1-2-7-6-15-10(13-7)12-5-9-8(11)3-4-14-9/h3-4,6H,2,5H2,1H3,(H,12,13). The molecule has 2 aromatic heterocycles. The molecule has 2 rings (SSSR count). The van der Waals surface area contributed by atoms with Gasteiger partial charge in [0, 0.05) is 14.7 Å². The quantitative estimate of drug-likeness (QED) is 0.918. The molecular weight excluding hydrogens is 292 g/mol. The van der Waals surface area contributed by atoms with E-state index in [2.05, 4.69) is 50.0 Å². The summed E-state index contributed by atoms with van der Waals surface area (Å²) in [7, 11) is 0. The Morgan fingerprint density at radius 1 is 1.47 bits per heavy atom. The third-order valence-corrected chi connectivity index (χ3v) is 4.78. The molecule has 0 atom stereocenters. The second kappa shape index (κ2) is 5.09. The molecule has 2 aromatic rings. The molecule has 0 aliphatic carbocycles. The molecule has 0 fully saturated rings. The summed E-state index contributed by atoms with van der Waals surface area (Å²) in [5.41, 5.74) is 1.16. The van der Waals surface area contributed by atoms with Crippen molar-refractivity contribution >= 4 is 43.7 Å². The van der Waals surface area contributed by atoms with Crippen LogP contribution in [0.15, 0.2) is 21.3 Å². The average molecular weight is 303 g/mol. The molecular formula is C10H11BrN2S2. The van der Waals surface area contributed by atoms with Gasteiger partial charge in [0.1, 0.15) is 0 Å². The summed E-state index contributed by atoms with van der Waals surface area (Å²) in [6.07, 6.45) is 1.00. The molecule has 5 heteroatoms. The predicted octanol–water partition coefficient (Wildman–Crippen LogP) is 4.14. The molecule has 0 spiro atoms. The SMILES string of the molecule is CCc1csc(NCc2sccc2Br)n1. The molecule has 2 nitrogen and oxygen atoms in total. The fourth-order valence-corrected chi connectivity index (χ4v) is 3.38. The Morgan fingerprint density at radius 2 is 2.33 bits per heavy atom.